The minimum absolute atomic E-state index is 0.163. The van der Waals surface area contributed by atoms with Gasteiger partial charge in [-0.15, -0.1) is 0 Å². The number of nitrogens with zero attached hydrogens (tertiary/aromatic N) is 3. The average Bonchev–Trinajstić information content (AvgIpc) is 2.63. The van der Waals surface area contributed by atoms with Crippen molar-refractivity contribution in [3.63, 3.8) is 0 Å². The van der Waals surface area contributed by atoms with Crippen LogP contribution in [0.3, 0.4) is 0 Å². The van der Waals surface area contributed by atoms with E-state index in [-0.39, 0.29) is 18.0 Å². The van der Waals surface area contributed by atoms with E-state index in [2.05, 4.69) is 20.9 Å². The van der Waals surface area contributed by atoms with Gasteiger partial charge in [0, 0.05) is 30.3 Å². The van der Waals surface area contributed by atoms with Crippen LogP contribution < -0.4 is 4.74 Å². The molecule has 0 unspecified atom stereocenters. The minimum Gasteiger partial charge on any atom is -0.489 e. The third kappa shape index (κ3) is 3.48. The molecule has 0 saturated carbocycles. The molecule has 1 atom stereocenters. The SMILES string of the molecule is CC(C)(C)OC(=O)N1CCN2C(=O)c3ncc(Br)cc3OC[C@H]2C1. The van der Waals surface area contributed by atoms with Crippen LogP contribution in [-0.2, 0) is 4.74 Å². The third-order valence-corrected chi connectivity index (χ3v) is 4.28. The molecular formula is C16H20BrN3O4. The zero-order valence-electron chi connectivity index (χ0n) is 13.9. The molecule has 8 heteroatoms. The largest absolute Gasteiger partial charge is 0.489 e. The quantitative estimate of drug-likeness (QED) is 0.671. The molecule has 7 nitrogen and oxygen atoms in total. The number of carbonyl (C=O) groups excluding carboxylic acids is 2. The first kappa shape index (κ1) is 17.0. The van der Waals surface area contributed by atoms with Crippen molar-refractivity contribution in [3.8, 4) is 5.75 Å². The Balaban J connectivity index is 1.76. The van der Waals surface area contributed by atoms with Crippen LogP contribution in [-0.4, -0.2) is 64.7 Å². The van der Waals surface area contributed by atoms with Crippen molar-refractivity contribution in [2.75, 3.05) is 26.2 Å². The van der Waals surface area contributed by atoms with Crippen LogP contribution in [0.5, 0.6) is 5.75 Å². The van der Waals surface area contributed by atoms with E-state index in [1.165, 1.54) is 0 Å². The molecule has 0 bridgehead atoms. The number of piperazine rings is 1. The first-order valence-corrected chi connectivity index (χ1v) is 8.61. The predicted octanol–water partition coefficient (Wildman–Crippen LogP) is 2.30. The van der Waals surface area contributed by atoms with Gasteiger partial charge in [0.05, 0.1) is 6.04 Å². The van der Waals surface area contributed by atoms with Gasteiger partial charge in [-0.05, 0) is 42.8 Å². The number of aromatic nitrogens is 1. The van der Waals surface area contributed by atoms with Crippen molar-refractivity contribution in [1.82, 2.24) is 14.8 Å². The fourth-order valence-electron chi connectivity index (χ4n) is 2.77. The second-order valence-corrected chi connectivity index (χ2v) is 7.81. The first-order chi connectivity index (χ1) is 11.2. The summed E-state index contributed by atoms with van der Waals surface area (Å²) in [5, 5.41) is 0. The number of pyridine rings is 1. The Bertz CT molecular complexity index is 674. The Labute approximate surface area is 149 Å². The Morgan fingerprint density at radius 1 is 1.42 bits per heavy atom. The molecule has 24 heavy (non-hydrogen) atoms. The van der Waals surface area contributed by atoms with Crippen molar-refractivity contribution < 1.29 is 19.1 Å². The first-order valence-electron chi connectivity index (χ1n) is 7.82. The van der Waals surface area contributed by atoms with Crippen LogP contribution in [0.4, 0.5) is 4.79 Å². The van der Waals surface area contributed by atoms with Crippen LogP contribution in [0, 0.1) is 0 Å². The molecule has 1 saturated heterocycles. The molecule has 2 aliphatic rings. The normalized spacial score (nSPS) is 20.7. The van der Waals surface area contributed by atoms with Crippen LogP contribution in [0.2, 0.25) is 0 Å². The van der Waals surface area contributed by atoms with E-state index in [9.17, 15) is 9.59 Å². The van der Waals surface area contributed by atoms with Crippen LogP contribution >= 0.6 is 15.9 Å². The summed E-state index contributed by atoms with van der Waals surface area (Å²) in [7, 11) is 0. The highest BCUT2D eigenvalue weighted by molar-refractivity contribution is 9.10. The topological polar surface area (TPSA) is 72.0 Å². The van der Waals surface area contributed by atoms with Gasteiger partial charge in [0.25, 0.3) is 5.91 Å². The van der Waals surface area contributed by atoms with Crippen LogP contribution in [0.25, 0.3) is 0 Å². The molecule has 2 amide bonds. The summed E-state index contributed by atoms with van der Waals surface area (Å²) in [6.07, 6.45) is 1.22. The molecule has 1 fully saturated rings. The van der Waals surface area contributed by atoms with E-state index in [1.54, 1.807) is 22.1 Å². The highest BCUT2D eigenvalue weighted by atomic mass is 79.9. The zero-order chi connectivity index (χ0) is 17.5. The lowest BCUT2D eigenvalue weighted by atomic mass is 10.1. The third-order valence-electron chi connectivity index (χ3n) is 3.85. The Morgan fingerprint density at radius 2 is 2.17 bits per heavy atom. The summed E-state index contributed by atoms with van der Waals surface area (Å²) < 4.78 is 11.9. The van der Waals surface area contributed by atoms with E-state index in [4.69, 9.17) is 9.47 Å². The maximum Gasteiger partial charge on any atom is 0.410 e. The monoisotopic (exact) mass is 397 g/mol. The van der Waals surface area contributed by atoms with Gasteiger partial charge in [0.1, 0.15) is 12.2 Å². The number of hydrogen-bond donors (Lipinski definition) is 0. The second kappa shape index (κ2) is 6.23. The summed E-state index contributed by atoms with van der Waals surface area (Å²) >= 11 is 3.33. The highest BCUT2D eigenvalue weighted by Crippen LogP contribution is 2.28. The molecule has 130 valence electrons. The standard InChI is InChI=1S/C16H20BrN3O4/c1-16(2,3)24-15(22)19-4-5-20-11(8-19)9-23-12-6-10(17)7-18-13(12)14(20)21/h6-7,11H,4-5,8-9H2,1-3H3/t11-/m1/s1. The Hall–Kier alpha value is -1.83. The molecular weight excluding hydrogens is 378 g/mol. The van der Waals surface area contributed by atoms with E-state index >= 15 is 0 Å². The molecule has 3 heterocycles. The van der Waals surface area contributed by atoms with E-state index in [1.807, 2.05) is 20.8 Å². The second-order valence-electron chi connectivity index (χ2n) is 6.89. The van der Waals surface area contributed by atoms with E-state index < -0.39 is 5.60 Å². The van der Waals surface area contributed by atoms with Crippen molar-refractivity contribution in [3.05, 3.63) is 22.4 Å². The van der Waals surface area contributed by atoms with Gasteiger partial charge in [0.15, 0.2) is 11.4 Å². The number of fused-ring (bicyclic) bond motifs is 2. The number of hydrogen-bond acceptors (Lipinski definition) is 5. The fraction of sp³-hybridized carbons (Fsp3) is 0.562. The molecule has 0 aromatic carbocycles. The smallest absolute Gasteiger partial charge is 0.410 e. The molecule has 1 aromatic heterocycles. The maximum atomic E-state index is 12.7. The number of amides is 2. The van der Waals surface area contributed by atoms with Crippen molar-refractivity contribution in [1.29, 1.82) is 0 Å². The molecule has 1 aromatic rings. The fourth-order valence-corrected chi connectivity index (χ4v) is 3.08. The zero-order valence-corrected chi connectivity index (χ0v) is 15.5. The van der Waals surface area contributed by atoms with Gasteiger partial charge in [-0.2, -0.15) is 0 Å². The number of carbonyl (C=O) groups is 2. The average molecular weight is 398 g/mol. The van der Waals surface area contributed by atoms with E-state index in [0.29, 0.717) is 37.7 Å². The van der Waals surface area contributed by atoms with Gasteiger partial charge >= 0.3 is 6.09 Å². The lowest BCUT2D eigenvalue weighted by Crippen LogP contribution is -2.58. The van der Waals surface area contributed by atoms with Crippen molar-refractivity contribution in [2.45, 2.75) is 32.4 Å². The van der Waals surface area contributed by atoms with Gasteiger partial charge in [0.2, 0.25) is 0 Å². The number of rotatable bonds is 0. The van der Waals surface area contributed by atoms with Gasteiger partial charge in [-0.1, -0.05) is 0 Å². The van der Waals surface area contributed by atoms with Crippen molar-refractivity contribution >= 4 is 27.9 Å². The highest BCUT2D eigenvalue weighted by Gasteiger charge is 2.38. The lowest BCUT2D eigenvalue weighted by molar-refractivity contribution is 0.000895. The predicted molar refractivity (Wildman–Crippen MR) is 90.1 cm³/mol. The minimum atomic E-state index is -0.545. The molecule has 3 rings (SSSR count). The summed E-state index contributed by atoms with van der Waals surface area (Å²) in [5.74, 6) is 0.302. The van der Waals surface area contributed by atoms with Crippen molar-refractivity contribution in [2.24, 2.45) is 0 Å². The summed E-state index contributed by atoms with van der Waals surface area (Å²) in [6.45, 7) is 7.07. The Morgan fingerprint density at radius 3 is 2.88 bits per heavy atom. The van der Waals surface area contributed by atoms with Gasteiger partial charge < -0.3 is 19.3 Å². The summed E-state index contributed by atoms with van der Waals surface area (Å²) in [6, 6.07) is 1.52. The summed E-state index contributed by atoms with van der Waals surface area (Å²) in [5.41, 5.74) is -0.234. The number of ether oxygens (including phenoxy) is 2. The van der Waals surface area contributed by atoms with Gasteiger partial charge in [-0.25, -0.2) is 9.78 Å². The molecule has 0 N–H and O–H groups in total. The molecule has 0 radical (unpaired) electrons. The van der Waals surface area contributed by atoms with Crippen LogP contribution in [0.1, 0.15) is 31.3 Å². The van der Waals surface area contributed by atoms with Gasteiger partial charge in [-0.3, -0.25) is 4.79 Å². The Kier molecular flexibility index (Phi) is 4.42. The lowest BCUT2D eigenvalue weighted by Gasteiger charge is -2.40. The molecule has 0 aliphatic carbocycles. The van der Waals surface area contributed by atoms with Crippen LogP contribution in [0.15, 0.2) is 16.7 Å². The maximum absolute atomic E-state index is 12.7. The summed E-state index contributed by atoms with van der Waals surface area (Å²) in [4.78, 5) is 32.5. The number of halogens is 1. The molecule has 0 spiro atoms. The van der Waals surface area contributed by atoms with E-state index in [0.717, 1.165) is 4.47 Å². The molecule has 2 aliphatic heterocycles.